The summed E-state index contributed by atoms with van der Waals surface area (Å²) in [7, 11) is 1.98. The third-order valence-electron chi connectivity index (χ3n) is 3.57. The van der Waals surface area contributed by atoms with Gasteiger partial charge in [0, 0.05) is 25.7 Å². The molecule has 5 heteroatoms. The molecule has 100 valence electrons. The highest BCUT2D eigenvalue weighted by Gasteiger charge is 2.29. The van der Waals surface area contributed by atoms with E-state index in [0.717, 1.165) is 12.3 Å². The first-order chi connectivity index (χ1) is 8.56. The number of likely N-dealkylation sites (N-methyl/N-ethyl adjacent to an activating group) is 1. The second kappa shape index (κ2) is 5.54. The first kappa shape index (κ1) is 13.1. The largest absolute Gasteiger partial charge is 0.481 e. The molecule has 0 saturated carbocycles. The van der Waals surface area contributed by atoms with Gasteiger partial charge in [0.1, 0.15) is 5.76 Å². The zero-order valence-electron chi connectivity index (χ0n) is 10.9. The Bertz CT molecular complexity index is 391. The number of carboxylic acid groups (broad SMARTS) is 1. The van der Waals surface area contributed by atoms with Gasteiger partial charge in [-0.15, -0.1) is 0 Å². The van der Waals surface area contributed by atoms with Crippen molar-refractivity contribution in [1.29, 1.82) is 0 Å². The highest BCUT2D eigenvalue weighted by molar-refractivity contribution is 5.70. The van der Waals surface area contributed by atoms with E-state index in [1.165, 1.54) is 0 Å². The van der Waals surface area contributed by atoms with E-state index in [1.54, 1.807) is 6.26 Å². The van der Waals surface area contributed by atoms with Gasteiger partial charge in [0.15, 0.2) is 0 Å². The summed E-state index contributed by atoms with van der Waals surface area (Å²) in [5.74, 6) is -0.175. The Hall–Kier alpha value is -1.33. The minimum Gasteiger partial charge on any atom is -0.481 e. The number of rotatable bonds is 3. The van der Waals surface area contributed by atoms with E-state index in [1.807, 2.05) is 19.2 Å². The molecular weight excluding hydrogens is 232 g/mol. The van der Waals surface area contributed by atoms with Crippen LogP contribution in [0.15, 0.2) is 22.8 Å². The van der Waals surface area contributed by atoms with Crippen LogP contribution < -0.4 is 0 Å². The van der Waals surface area contributed by atoms with Crippen LogP contribution in [-0.4, -0.2) is 53.6 Å². The quantitative estimate of drug-likeness (QED) is 0.873. The van der Waals surface area contributed by atoms with Gasteiger partial charge in [-0.3, -0.25) is 9.69 Å². The summed E-state index contributed by atoms with van der Waals surface area (Å²) in [6, 6.07) is 4.14. The minimum atomic E-state index is -0.722. The summed E-state index contributed by atoms with van der Waals surface area (Å²) in [5.41, 5.74) is 0. The van der Waals surface area contributed by atoms with Crippen LogP contribution >= 0.6 is 0 Å². The smallest absolute Gasteiger partial charge is 0.309 e. The van der Waals surface area contributed by atoms with Crippen molar-refractivity contribution in [2.24, 2.45) is 5.92 Å². The summed E-state index contributed by atoms with van der Waals surface area (Å²) < 4.78 is 5.33. The number of aliphatic carboxylic acids is 1. The van der Waals surface area contributed by atoms with Crippen LogP contribution in [0, 0.1) is 5.92 Å². The van der Waals surface area contributed by atoms with Crippen LogP contribution in [0.1, 0.15) is 12.7 Å². The lowest BCUT2D eigenvalue weighted by Crippen LogP contribution is -2.36. The van der Waals surface area contributed by atoms with Gasteiger partial charge in [0.25, 0.3) is 0 Å². The predicted octanol–water partition coefficient (Wildman–Crippen LogP) is 1.12. The molecule has 0 spiro atoms. The fourth-order valence-electron chi connectivity index (χ4n) is 2.39. The molecule has 1 aromatic rings. The fraction of sp³-hybridized carbons (Fsp3) is 0.615. The van der Waals surface area contributed by atoms with E-state index in [-0.39, 0.29) is 5.92 Å². The number of hydrogen-bond donors (Lipinski definition) is 1. The van der Waals surface area contributed by atoms with Crippen molar-refractivity contribution in [3.63, 3.8) is 0 Å². The number of furan rings is 1. The van der Waals surface area contributed by atoms with Gasteiger partial charge in [0.05, 0.1) is 18.7 Å². The topological polar surface area (TPSA) is 56.9 Å². The molecule has 1 N–H and O–H groups in total. The lowest BCUT2D eigenvalue weighted by molar-refractivity contribution is -0.142. The summed E-state index contributed by atoms with van der Waals surface area (Å²) in [4.78, 5) is 15.5. The first-order valence-corrected chi connectivity index (χ1v) is 6.24. The van der Waals surface area contributed by atoms with Gasteiger partial charge in [0.2, 0.25) is 0 Å². The van der Waals surface area contributed by atoms with Crippen LogP contribution in [0.3, 0.4) is 0 Å². The van der Waals surface area contributed by atoms with Crippen LogP contribution in [-0.2, 0) is 11.3 Å². The summed E-state index contributed by atoms with van der Waals surface area (Å²) in [6.07, 6.45) is 1.65. The van der Waals surface area contributed by atoms with Gasteiger partial charge in [-0.2, -0.15) is 0 Å². The Morgan fingerprint density at radius 3 is 2.89 bits per heavy atom. The summed E-state index contributed by atoms with van der Waals surface area (Å²) >= 11 is 0. The number of hydrogen-bond acceptors (Lipinski definition) is 4. The van der Waals surface area contributed by atoms with Crippen molar-refractivity contribution in [3.8, 4) is 0 Å². The SMILES string of the molecule is CC1CN(Cc2ccco2)CC(C(=O)O)CN1C. The average Bonchev–Trinajstić information content (AvgIpc) is 2.75. The van der Waals surface area contributed by atoms with Gasteiger partial charge >= 0.3 is 5.97 Å². The van der Waals surface area contributed by atoms with Gasteiger partial charge in [-0.1, -0.05) is 0 Å². The molecule has 1 aromatic heterocycles. The van der Waals surface area contributed by atoms with Crippen molar-refractivity contribution in [1.82, 2.24) is 9.80 Å². The molecule has 1 fully saturated rings. The second-order valence-electron chi connectivity index (χ2n) is 5.10. The maximum absolute atomic E-state index is 11.2. The molecular formula is C13H20N2O3. The monoisotopic (exact) mass is 252 g/mol. The molecule has 1 aliphatic rings. The van der Waals surface area contributed by atoms with E-state index in [4.69, 9.17) is 4.42 Å². The van der Waals surface area contributed by atoms with Gasteiger partial charge in [-0.25, -0.2) is 0 Å². The number of nitrogens with zero attached hydrogens (tertiary/aromatic N) is 2. The summed E-state index contributed by atoms with van der Waals surface area (Å²) in [5, 5.41) is 9.23. The lowest BCUT2D eigenvalue weighted by Gasteiger charge is -2.24. The van der Waals surface area contributed by atoms with Crippen molar-refractivity contribution in [3.05, 3.63) is 24.2 Å². The normalized spacial score (nSPS) is 27.0. The first-order valence-electron chi connectivity index (χ1n) is 6.24. The molecule has 0 radical (unpaired) electrons. The zero-order chi connectivity index (χ0) is 13.1. The molecule has 2 unspecified atom stereocenters. The molecule has 2 heterocycles. The summed E-state index contributed by atoms with van der Waals surface area (Å²) in [6.45, 7) is 4.84. The lowest BCUT2D eigenvalue weighted by atomic mass is 10.1. The fourth-order valence-corrected chi connectivity index (χ4v) is 2.39. The Labute approximate surface area is 107 Å². The molecule has 18 heavy (non-hydrogen) atoms. The molecule has 0 bridgehead atoms. The highest BCUT2D eigenvalue weighted by atomic mass is 16.4. The molecule has 5 nitrogen and oxygen atoms in total. The third kappa shape index (κ3) is 3.11. The van der Waals surface area contributed by atoms with Gasteiger partial charge < -0.3 is 14.4 Å². The van der Waals surface area contributed by atoms with Crippen LogP contribution in [0.4, 0.5) is 0 Å². The standard InChI is InChI=1S/C13H20N2O3/c1-10-6-15(9-12-4-3-5-18-12)8-11(13(16)17)7-14(10)2/h3-5,10-11H,6-9H2,1-2H3,(H,16,17). The molecule has 2 atom stereocenters. The predicted molar refractivity (Wildman–Crippen MR) is 67.2 cm³/mol. The van der Waals surface area contributed by atoms with E-state index in [0.29, 0.717) is 25.7 Å². The minimum absolute atomic E-state index is 0.338. The van der Waals surface area contributed by atoms with Crippen molar-refractivity contribution in [2.75, 3.05) is 26.7 Å². The average molecular weight is 252 g/mol. The van der Waals surface area contributed by atoms with Gasteiger partial charge in [-0.05, 0) is 26.1 Å². The molecule has 1 aliphatic heterocycles. The van der Waals surface area contributed by atoms with E-state index >= 15 is 0 Å². The maximum atomic E-state index is 11.2. The van der Waals surface area contributed by atoms with Crippen molar-refractivity contribution in [2.45, 2.75) is 19.5 Å². The molecule has 2 rings (SSSR count). The Balaban J connectivity index is 2.06. The molecule has 1 saturated heterocycles. The van der Waals surface area contributed by atoms with E-state index in [2.05, 4.69) is 16.7 Å². The molecule has 0 amide bonds. The third-order valence-corrected chi connectivity index (χ3v) is 3.57. The Morgan fingerprint density at radius 1 is 1.50 bits per heavy atom. The zero-order valence-corrected chi connectivity index (χ0v) is 10.9. The van der Waals surface area contributed by atoms with E-state index < -0.39 is 5.97 Å². The Kier molecular flexibility index (Phi) is 4.04. The van der Waals surface area contributed by atoms with E-state index in [9.17, 15) is 9.90 Å². The van der Waals surface area contributed by atoms with Crippen LogP contribution in [0.2, 0.25) is 0 Å². The maximum Gasteiger partial charge on any atom is 0.309 e. The van der Waals surface area contributed by atoms with Crippen molar-refractivity contribution >= 4 is 5.97 Å². The van der Waals surface area contributed by atoms with Crippen LogP contribution in [0.5, 0.6) is 0 Å². The number of carbonyl (C=O) groups is 1. The Morgan fingerprint density at radius 2 is 2.28 bits per heavy atom. The molecule has 0 aliphatic carbocycles. The molecule has 0 aromatic carbocycles. The van der Waals surface area contributed by atoms with Crippen LogP contribution in [0.25, 0.3) is 0 Å². The second-order valence-corrected chi connectivity index (χ2v) is 5.10. The highest BCUT2D eigenvalue weighted by Crippen LogP contribution is 2.16. The van der Waals surface area contributed by atoms with Crippen molar-refractivity contribution < 1.29 is 14.3 Å². The number of carboxylic acids is 1.